The molecule has 0 unspecified atom stereocenters. The lowest BCUT2D eigenvalue weighted by Gasteiger charge is -2.08. The van der Waals surface area contributed by atoms with Gasteiger partial charge in [0.05, 0.1) is 0 Å². The van der Waals surface area contributed by atoms with Gasteiger partial charge in [-0.15, -0.1) is 0 Å². The third-order valence-corrected chi connectivity index (χ3v) is 2.87. The molecule has 0 radical (unpaired) electrons. The molecule has 2 aromatic rings. The fourth-order valence-corrected chi connectivity index (χ4v) is 2.09. The van der Waals surface area contributed by atoms with Gasteiger partial charge in [0.25, 0.3) is 0 Å². The summed E-state index contributed by atoms with van der Waals surface area (Å²) in [6, 6.07) is 8.64. The van der Waals surface area contributed by atoms with Crippen molar-refractivity contribution in [2.45, 2.75) is 0 Å². The first kappa shape index (κ1) is 15.4. The Morgan fingerprint density at radius 2 is 1.81 bits per heavy atom. The van der Waals surface area contributed by atoms with Gasteiger partial charge >= 0.3 is 5.97 Å². The maximum absolute atomic E-state index is 13.9. The predicted octanol–water partition coefficient (Wildman–Crippen LogP) is 5.02. The van der Waals surface area contributed by atoms with Crippen molar-refractivity contribution in [1.82, 2.24) is 0 Å². The van der Waals surface area contributed by atoms with Gasteiger partial charge in [-0.1, -0.05) is 29.3 Å². The van der Waals surface area contributed by atoms with Crippen LogP contribution >= 0.6 is 23.2 Å². The molecule has 0 spiro atoms. The molecule has 2 rings (SSSR count). The highest BCUT2D eigenvalue weighted by Crippen LogP contribution is 2.30. The standard InChI is InChI=1S/C15H9Cl2FO3/c16-10-6-11(17)8-12(7-10)21-14-3-1-9(5-13(14)18)2-4-15(19)20/h1-8H,(H,19,20)/b4-2+. The Kier molecular flexibility index (Phi) is 4.83. The largest absolute Gasteiger partial charge is 0.478 e. The van der Waals surface area contributed by atoms with E-state index in [0.717, 1.165) is 6.08 Å². The highest BCUT2D eigenvalue weighted by molar-refractivity contribution is 6.34. The lowest BCUT2D eigenvalue weighted by Crippen LogP contribution is -1.90. The molecule has 3 nitrogen and oxygen atoms in total. The van der Waals surface area contributed by atoms with E-state index in [1.54, 1.807) is 0 Å². The molecule has 0 heterocycles. The van der Waals surface area contributed by atoms with E-state index in [4.69, 9.17) is 33.0 Å². The van der Waals surface area contributed by atoms with Crippen LogP contribution in [0.25, 0.3) is 6.08 Å². The summed E-state index contributed by atoms with van der Waals surface area (Å²) in [6.45, 7) is 0. The van der Waals surface area contributed by atoms with Crippen LogP contribution in [0.3, 0.4) is 0 Å². The minimum Gasteiger partial charge on any atom is -0.478 e. The molecule has 0 aliphatic carbocycles. The maximum atomic E-state index is 13.9. The second-order valence-corrected chi connectivity index (χ2v) is 4.94. The van der Waals surface area contributed by atoms with Gasteiger partial charge in [-0.25, -0.2) is 9.18 Å². The molecule has 0 saturated carbocycles. The molecule has 0 fully saturated rings. The molecule has 0 bridgehead atoms. The van der Waals surface area contributed by atoms with E-state index in [1.807, 2.05) is 0 Å². The minimum absolute atomic E-state index is 0.0131. The van der Waals surface area contributed by atoms with Crippen molar-refractivity contribution in [2.75, 3.05) is 0 Å². The Morgan fingerprint density at radius 3 is 2.38 bits per heavy atom. The fraction of sp³-hybridized carbons (Fsp3) is 0. The van der Waals surface area contributed by atoms with Crippen LogP contribution in [0.5, 0.6) is 11.5 Å². The number of hydrogen-bond donors (Lipinski definition) is 1. The van der Waals surface area contributed by atoms with Gasteiger partial charge in [0.2, 0.25) is 0 Å². The number of carbonyl (C=O) groups is 1. The molecule has 21 heavy (non-hydrogen) atoms. The number of rotatable bonds is 4. The normalized spacial score (nSPS) is 10.8. The molecule has 2 aromatic carbocycles. The molecule has 1 N–H and O–H groups in total. The second kappa shape index (κ2) is 6.61. The lowest BCUT2D eigenvalue weighted by molar-refractivity contribution is -0.131. The van der Waals surface area contributed by atoms with Crippen molar-refractivity contribution in [3.63, 3.8) is 0 Å². The molecular formula is C15H9Cl2FO3. The molecule has 0 atom stereocenters. The summed E-state index contributed by atoms with van der Waals surface area (Å²) in [7, 11) is 0. The van der Waals surface area contributed by atoms with Crippen LogP contribution in [0.4, 0.5) is 4.39 Å². The van der Waals surface area contributed by atoms with Gasteiger partial charge in [0.1, 0.15) is 5.75 Å². The monoisotopic (exact) mass is 326 g/mol. The van der Waals surface area contributed by atoms with Crippen molar-refractivity contribution in [3.05, 3.63) is 63.9 Å². The summed E-state index contributed by atoms with van der Waals surface area (Å²) in [4.78, 5) is 10.4. The van der Waals surface area contributed by atoms with Crippen LogP contribution in [-0.2, 0) is 4.79 Å². The van der Waals surface area contributed by atoms with E-state index in [9.17, 15) is 9.18 Å². The zero-order valence-corrected chi connectivity index (χ0v) is 12.0. The van der Waals surface area contributed by atoms with E-state index in [0.29, 0.717) is 21.4 Å². The number of carboxylic acids is 1. The third kappa shape index (κ3) is 4.48. The van der Waals surface area contributed by atoms with E-state index in [-0.39, 0.29) is 5.75 Å². The fourth-order valence-electron chi connectivity index (χ4n) is 1.59. The van der Waals surface area contributed by atoms with Crippen LogP contribution in [-0.4, -0.2) is 11.1 Å². The van der Waals surface area contributed by atoms with Crippen molar-refractivity contribution >= 4 is 35.2 Å². The zero-order chi connectivity index (χ0) is 15.4. The number of carboxylic acid groups (broad SMARTS) is 1. The van der Waals surface area contributed by atoms with Crippen molar-refractivity contribution in [3.8, 4) is 11.5 Å². The first-order valence-corrected chi connectivity index (χ1v) is 6.54. The highest BCUT2D eigenvalue weighted by Gasteiger charge is 2.07. The average Bonchev–Trinajstić information content (AvgIpc) is 2.38. The molecule has 0 aliphatic heterocycles. The first-order valence-electron chi connectivity index (χ1n) is 5.78. The van der Waals surface area contributed by atoms with Gasteiger partial charge in [-0.2, -0.15) is 0 Å². The SMILES string of the molecule is O=C(O)/C=C/c1ccc(Oc2cc(Cl)cc(Cl)c2)c(F)c1. The first-order chi connectivity index (χ1) is 9.94. The van der Waals surface area contributed by atoms with Crippen LogP contribution in [0.1, 0.15) is 5.56 Å². The van der Waals surface area contributed by atoms with E-state index < -0.39 is 11.8 Å². The second-order valence-electron chi connectivity index (χ2n) is 4.07. The van der Waals surface area contributed by atoms with Gasteiger partial charge < -0.3 is 9.84 Å². The van der Waals surface area contributed by atoms with E-state index in [2.05, 4.69) is 0 Å². The van der Waals surface area contributed by atoms with Crippen molar-refractivity contribution < 1.29 is 19.0 Å². The summed E-state index contributed by atoms with van der Waals surface area (Å²) >= 11 is 11.7. The molecule has 0 aromatic heterocycles. The number of ether oxygens (including phenoxy) is 1. The quantitative estimate of drug-likeness (QED) is 0.802. The average molecular weight is 327 g/mol. The molecular weight excluding hydrogens is 318 g/mol. The van der Waals surface area contributed by atoms with E-state index >= 15 is 0 Å². The Hall–Kier alpha value is -2.04. The van der Waals surface area contributed by atoms with Gasteiger partial charge in [-0.3, -0.25) is 0 Å². The maximum Gasteiger partial charge on any atom is 0.328 e. The van der Waals surface area contributed by atoms with Crippen molar-refractivity contribution in [2.24, 2.45) is 0 Å². The zero-order valence-electron chi connectivity index (χ0n) is 10.5. The van der Waals surface area contributed by atoms with Gasteiger partial charge in [0, 0.05) is 16.1 Å². The van der Waals surface area contributed by atoms with Crippen LogP contribution in [0, 0.1) is 5.82 Å². The topological polar surface area (TPSA) is 46.5 Å². The third-order valence-electron chi connectivity index (χ3n) is 2.44. The predicted molar refractivity (Wildman–Crippen MR) is 79.6 cm³/mol. The molecule has 0 aliphatic rings. The van der Waals surface area contributed by atoms with Gasteiger partial charge in [0.15, 0.2) is 11.6 Å². The van der Waals surface area contributed by atoms with E-state index in [1.165, 1.54) is 42.5 Å². The molecule has 0 saturated heterocycles. The summed E-state index contributed by atoms with van der Waals surface area (Å²) in [6.07, 6.45) is 2.21. The van der Waals surface area contributed by atoms with Gasteiger partial charge in [-0.05, 0) is 42.0 Å². The molecule has 108 valence electrons. The Bertz CT molecular complexity index is 694. The minimum atomic E-state index is -1.11. The number of aliphatic carboxylic acids is 1. The molecule has 0 amide bonds. The number of benzene rings is 2. The number of halogens is 3. The van der Waals surface area contributed by atoms with Crippen LogP contribution < -0.4 is 4.74 Å². The summed E-state index contributed by atoms with van der Waals surface area (Å²) in [5.74, 6) is -1.44. The summed E-state index contributed by atoms with van der Waals surface area (Å²) in [5.41, 5.74) is 0.409. The Balaban J connectivity index is 2.23. The Morgan fingerprint density at radius 1 is 1.14 bits per heavy atom. The Labute approximate surface area is 130 Å². The molecule has 6 heteroatoms. The summed E-state index contributed by atoms with van der Waals surface area (Å²) in [5, 5.41) is 9.26. The summed E-state index contributed by atoms with van der Waals surface area (Å²) < 4.78 is 19.3. The smallest absolute Gasteiger partial charge is 0.328 e. The lowest BCUT2D eigenvalue weighted by atomic mass is 10.2. The van der Waals surface area contributed by atoms with Crippen LogP contribution in [0.15, 0.2) is 42.5 Å². The highest BCUT2D eigenvalue weighted by atomic mass is 35.5. The van der Waals surface area contributed by atoms with Crippen LogP contribution in [0.2, 0.25) is 10.0 Å². The number of hydrogen-bond acceptors (Lipinski definition) is 2. The van der Waals surface area contributed by atoms with Crippen molar-refractivity contribution in [1.29, 1.82) is 0 Å².